The van der Waals surface area contributed by atoms with Crippen molar-refractivity contribution in [1.82, 2.24) is 10.2 Å². The van der Waals surface area contributed by atoms with Crippen molar-refractivity contribution in [2.24, 2.45) is 17.8 Å². The lowest BCUT2D eigenvalue weighted by molar-refractivity contribution is -0.140. The first-order chi connectivity index (χ1) is 22.9. The lowest BCUT2D eigenvalue weighted by atomic mass is 9.48. The fourth-order valence-corrected chi connectivity index (χ4v) is 9.95. The van der Waals surface area contributed by atoms with Crippen molar-refractivity contribution in [1.29, 1.82) is 0 Å². The number of hydrogen-bond acceptors (Lipinski definition) is 4. The van der Waals surface area contributed by atoms with Gasteiger partial charge in [0, 0.05) is 24.0 Å². The highest BCUT2D eigenvalue weighted by Gasteiger charge is 2.51. The van der Waals surface area contributed by atoms with E-state index in [4.69, 9.17) is 11.6 Å². The summed E-state index contributed by atoms with van der Waals surface area (Å²) in [7, 11) is -3.85. The number of carbonyl (C=O) groups is 2. The van der Waals surface area contributed by atoms with E-state index in [0.29, 0.717) is 10.7 Å². The summed E-state index contributed by atoms with van der Waals surface area (Å²) >= 11 is 6.33. The summed E-state index contributed by atoms with van der Waals surface area (Å²) in [5.74, 6) is 1.65. The van der Waals surface area contributed by atoms with Gasteiger partial charge in [-0.25, -0.2) is 8.42 Å². The molecular weight excluding hydrogens is 642 g/mol. The molecule has 0 unspecified atom stereocenters. The van der Waals surface area contributed by atoms with E-state index in [1.165, 1.54) is 53.3 Å². The van der Waals surface area contributed by atoms with Crippen molar-refractivity contribution >= 4 is 39.1 Å². The molecule has 256 valence electrons. The van der Waals surface area contributed by atoms with Gasteiger partial charge in [-0.1, -0.05) is 73.1 Å². The van der Waals surface area contributed by atoms with Crippen molar-refractivity contribution in [3.05, 3.63) is 101 Å². The van der Waals surface area contributed by atoms with Crippen LogP contribution in [0.25, 0.3) is 0 Å². The minimum Gasteiger partial charge on any atom is -0.352 e. The highest BCUT2D eigenvalue weighted by molar-refractivity contribution is 7.92. The number of anilines is 1. The molecule has 7 nitrogen and oxygen atoms in total. The zero-order valence-corrected chi connectivity index (χ0v) is 29.8. The molecule has 2 amide bonds. The minimum atomic E-state index is -3.85. The average molecular weight is 690 g/mol. The Hall–Kier alpha value is -3.36. The number of halogens is 1. The van der Waals surface area contributed by atoms with Crippen LogP contribution in [-0.4, -0.2) is 50.0 Å². The van der Waals surface area contributed by atoms with Crippen LogP contribution in [0.1, 0.15) is 75.5 Å². The molecule has 4 bridgehead atoms. The van der Waals surface area contributed by atoms with E-state index in [1.807, 2.05) is 62.4 Å². The second-order valence-electron chi connectivity index (χ2n) is 14.7. The maximum Gasteiger partial charge on any atom is 0.244 e. The van der Waals surface area contributed by atoms with Crippen molar-refractivity contribution in [3.63, 3.8) is 0 Å². The topological polar surface area (TPSA) is 86.8 Å². The molecule has 0 heterocycles. The summed E-state index contributed by atoms with van der Waals surface area (Å²) in [4.78, 5) is 29.9. The molecule has 0 aliphatic heterocycles. The summed E-state index contributed by atoms with van der Waals surface area (Å²) in [6.45, 7) is 3.58. The number of nitrogens with zero attached hydrogens (tertiary/aromatic N) is 2. The van der Waals surface area contributed by atoms with Crippen LogP contribution in [0.4, 0.5) is 5.69 Å². The molecular formula is C39H48ClN3O4S. The summed E-state index contributed by atoms with van der Waals surface area (Å²) in [5, 5.41) is 3.58. The molecule has 2 atom stereocenters. The number of carbonyl (C=O) groups excluding carboxylic acids is 2. The van der Waals surface area contributed by atoms with Gasteiger partial charge in [0.1, 0.15) is 12.6 Å². The van der Waals surface area contributed by atoms with Gasteiger partial charge < -0.3 is 10.2 Å². The van der Waals surface area contributed by atoms with Crippen molar-refractivity contribution in [2.45, 2.75) is 89.3 Å². The van der Waals surface area contributed by atoms with Crippen LogP contribution in [0.15, 0.2) is 78.9 Å². The molecule has 0 spiro atoms. The highest BCUT2D eigenvalue weighted by atomic mass is 35.5. The largest absolute Gasteiger partial charge is 0.352 e. The van der Waals surface area contributed by atoms with Crippen LogP contribution in [0.5, 0.6) is 0 Å². The second kappa shape index (κ2) is 14.2. The molecule has 48 heavy (non-hydrogen) atoms. The Morgan fingerprint density at radius 2 is 1.50 bits per heavy atom. The van der Waals surface area contributed by atoms with Crippen molar-refractivity contribution in [2.75, 3.05) is 17.1 Å². The minimum absolute atomic E-state index is 0.0907. The van der Waals surface area contributed by atoms with E-state index < -0.39 is 28.5 Å². The SMILES string of the molecule is CC[C@@H](C)NC(=O)[C@@H](Cc1ccccc1)N(Cc1cccc(Cl)c1)C(=O)CN(c1ccc(C23CC4CC(CC(C4)C2)C3)cc1)S(C)(=O)=O. The van der Waals surface area contributed by atoms with Gasteiger partial charge in [-0.15, -0.1) is 0 Å². The average Bonchev–Trinajstić information content (AvgIpc) is 3.04. The zero-order chi connectivity index (χ0) is 34.1. The third-order valence-corrected chi connectivity index (χ3v) is 12.4. The summed E-state index contributed by atoms with van der Waals surface area (Å²) in [5.41, 5.74) is 3.56. The van der Waals surface area contributed by atoms with Crippen LogP contribution in [0, 0.1) is 17.8 Å². The van der Waals surface area contributed by atoms with Gasteiger partial charge in [-0.3, -0.25) is 13.9 Å². The molecule has 1 N–H and O–H groups in total. The normalized spacial score (nSPS) is 24.1. The smallest absolute Gasteiger partial charge is 0.244 e. The Labute approximate surface area is 291 Å². The third-order valence-electron chi connectivity index (χ3n) is 11.0. The Balaban J connectivity index is 1.31. The molecule has 3 aromatic rings. The fourth-order valence-electron chi connectivity index (χ4n) is 8.89. The van der Waals surface area contributed by atoms with E-state index in [2.05, 4.69) is 17.4 Å². The van der Waals surface area contributed by atoms with Gasteiger partial charge in [0.25, 0.3) is 0 Å². The van der Waals surface area contributed by atoms with Crippen LogP contribution in [-0.2, 0) is 38.0 Å². The number of amides is 2. The predicted molar refractivity (Wildman–Crippen MR) is 192 cm³/mol. The zero-order valence-electron chi connectivity index (χ0n) is 28.3. The number of sulfonamides is 1. The Morgan fingerprint density at radius 1 is 0.896 bits per heavy atom. The van der Waals surface area contributed by atoms with Gasteiger partial charge in [0.15, 0.2) is 0 Å². The lowest BCUT2D eigenvalue weighted by Crippen LogP contribution is -2.54. The number of benzene rings is 3. The van der Waals surface area contributed by atoms with Gasteiger partial charge in [0.2, 0.25) is 21.8 Å². The monoisotopic (exact) mass is 689 g/mol. The van der Waals surface area contributed by atoms with E-state index in [-0.39, 0.29) is 30.3 Å². The molecule has 4 fully saturated rings. The second-order valence-corrected chi connectivity index (χ2v) is 17.0. The number of hydrogen-bond donors (Lipinski definition) is 1. The molecule has 9 heteroatoms. The Kier molecular flexibility index (Phi) is 10.2. The summed E-state index contributed by atoms with van der Waals surface area (Å²) in [6.07, 6.45) is 9.84. The van der Waals surface area contributed by atoms with Crippen LogP contribution in [0.3, 0.4) is 0 Å². The number of nitrogens with one attached hydrogen (secondary N) is 1. The quantitative estimate of drug-likeness (QED) is 0.207. The van der Waals surface area contributed by atoms with Gasteiger partial charge in [0.05, 0.1) is 11.9 Å². The molecule has 4 aliphatic rings. The van der Waals surface area contributed by atoms with Crippen LogP contribution < -0.4 is 9.62 Å². The maximum absolute atomic E-state index is 14.5. The van der Waals surface area contributed by atoms with E-state index >= 15 is 0 Å². The molecule has 7 rings (SSSR count). The molecule has 0 saturated heterocycles. The van der Waals surface area contributed by atoms with Gasteiger partial charge in [-0.05, 0) is 116 Å². The first-order valence-corrected chi connectivity index (χ1v) is 19.6. The third kappa shape index (κ3) is 7.76. The molecule has 0 radical (unpaired) electrons. The lowest BCUT2D eigenvalue weighted by Gasteiger charge is -2.57. The Bertz CT molecular complexity index is 1680. The highest BCUT2D eigenvalue weighted by Crippen LogP contribution is 2.60. The van der Waals surface area contributed by atoms with E-state index in [9.17, 15) is 18.0 Å². The molecule has 4 saturated carbocycles. The molecule has 0 aromatic heterocycles. The van der Waals surface area contributed by atoms with Crippen molar-refractivity contribution < 1.29 is 18.0 Å². The standard InChI is InChI=1S/C39H48ClN3O4S/c1-4-27(2)41-38(45)36(21-28-9-6-5-7-10-28)42(25-29-11-8-12-34(40)20-29)37(44)26-43(48(3,46)47)35-15-13-33(14-16-35)39-22-30-17-31(23-39)19-32(18-30)24-39/h5-16,20,27,30-32,36H,4,17-19,21-26H2,1-3H3,(H,41,45)/t27-,30?,31?,32?,36-,39?/m1/s1. The van der Waals surface area contributed by atoms with Crippen molar-refractivity contribution in [3.8, 4) is 0 Å². The molecule has 3 aromatic carbocycles. The van der Waals surface area contributed by atoms with E-state index in [0.717, 1.165) is 41.6 Å². The summed E-state index contributed by atoms with van der Waals surface area (Å²) < 4.78 is 27.9. The fraction of sp³-hybridized carbons (Fsp3) is 0.487. The first-order valence-electron chi connectivity index (χ1n) is 17.4. The van der Waals surface area contributed by atoms with E-state index in [1.54, 1.807) is 18.2 Å². The molecule has 4 aliphatic carbocycles. The Morgan fingerprint density at radius 3 is 2.06 bits per heavy atom. The van der Waals surface area contributed by atoms with Gasteiger partial charge in [-0.2, -0.15) is 0 Å². The van der Waals surface area contributed by atoms with Crippen LogP contribution >= 0.6 is 11.6 Å². The van der Waals surface area contributed by atoms with Gasteiger partial charge >= 0.3 is 0 Å². The van der Waals surface area contributed by atoms with Crippen LogP contribution in [0.2, 0.25) is 5.02 Å². The first kappa shape index (κ1) is 34.5. The number of rotatable bonds is 13. The summed E-state index contributed by atoms with van der Waals surface area (Å²) in [6, 6.07) is 23.7. The maximum atomic E-state index is 14.5. The predicted octanol–water partition coefficient (Wildman–Crippen LogP) is 7.13.